The smallest absolute Gasteiger partial charge is 0.361 e. The van der Waals surface area contributed by atoms with Crippen LogP contribution in [0.4, 0.5) is 26.3 Å². The van der Waals surface area contributed by atoms with Crippen molar-refractivity contribution in [2.45, 2.75) is 29.7 Å². The normalized spacial score (nSPS) is 13.8. The molecule has 0 unspecified atom stereocenters. The summed E-state index contributed by atoms with van der Waals surface area (Å²) < 4.78 is 110. The molecule has 0 radical (unpaired) electrons. The molecule has 0 saturated heterocycles. The summed E-state index contributed by atoms with van der Waals surface area (Å²) in [5.41, 5.74) is -5.57. The molecular weight excluding hydrogens is 422 g/mol. The first-order valence-corrected chi connectivity index (χ1v) is 9.58. The van der Waals surface area contributed by atoms with E-state index in [0.717, 1.165) is 22.9 Å². The van der Waals surface area contributed by atoms with Gasteiger partial charge >= 0.3 is 12.4 Å². The molecule has 4 nitrogen and oxygen atoms in total. The molecule has 2 N–H and O–H groups in total. The minimum atomic E-state index is -6.03. The van der Waals surface area contributed by atoms with Crippen LogP contribution in [0.1, 0.15) is 11.1 Å². The predicted octanol–water partition coefficient (Wildman–Crippen LogP) is 4.77. The SMILES string of the molecule is Cc1ccc(S(=O)(=O)NC(c2c[nH]c3ccccc23)(C(F)(F)F)C(F)(F)F)cc1. The van der Waals surface area contributed by atoms with E-state index < -0.39 is 43.8 Å². The van der Waals surface area contributed by atoms with Crippen molar-refractivity contribution in [2.24, 2.45) is 0 Å². The average Bonchev–Trinajstić information content (AvgIpc) is 3.02. The van der Waals surface area contributed by atoms with Crippen LogP contribution in [0, 0.1) is 6.92 Å². The molecule has 0 saturated carbocycles. The topological polar surface area (TPSA) is 62.0 Å². The summed E-state index contributed by atoms with van der Waals surface area (Å²) in [5.74, 6) is 0. The van der Waals surface area contributed by atoms with Crippen LogP contribution in [0.2, 0.25) is 0 Å². The van der Waals surface area contributed by atoms with Crippen LogP contribution >= 0.6 is 0 Å². The second-order valence-corrected chi connectivity index (χ2v) is 8.09. The summed E-state index contributed by atoms with van der Waals surface area (Å²) in [5, 5.41) is -0.409. The molecule has 0 amide bonds. The van der Waals surface area contributed by atoms with Gasteiger partial charge in [0.15, 0.2) is 0 Å². The molecule has 0 aliphatic rings. The molecule has 11 heteroatoms. The number of rotatable bonds is 4. The zero-order valence-electron chi connectivity index (χ0n) is 14.7. The van der Waals surface area contributed by atoms with Crippen molar-refractivity contribution in [1.82, 2.24) is 9.71 Å². The number of H-pyrrole nitrogens is 1. The number of para-hydroxylation sites is 1. The average molecular weight is 436 g/mol. The van der Waals surface area contributed by atoms with Gasteiger partial charge < -0.3 is 4.98 Å². The van der Waals surface area contributed by atoms with Crippen molar-refractivity contribution in [3.63, 3.8) is 0 Å². The van der Waals surface area contributed by atoms with E-state index in [9.17, 15) is 34.8 Å². The molecule has 0 spiro atoms. The van der Waals surface area contributed by atoms with Gasteiger partial charge in [-0.25, -0.2) is 8.42 Å². The van der Waals surface area contributed by atoms with Gasteiger partial charge in [-0.15, -0.1) is 0 Å². The van der Waals surface area contributed by atoms with E-state index in [0.29, 0.717) is 11.8 Å². The number of alkyl halides is 6. The maximum absolute atomic E-state index is 14.0. The summed E-state index contributed by atoms with van der Waals surface area (Å²) in [7, 11) is -5.20. The highest BCUT2D eigenvalue weighted by Crippen LogP contribution is 2.52. The molecule has 2 aromatic carbocycles. The van der Waals surface area contributed by atoms with Gasteiger partial charge in [0.2, 0.25) is 10.0 Å². The Hall–Kier alpha value is -2.53. The van der Waals surface area contributed by atoms with E-state index in [4.69, 9.17) is 0 Å². The van der Waals surface area contributed by atoms with Gasteiger partial charge in [0.1, 0.15) is 0 Å². The lowest BCUT2D eigenvalue weighted by molar-refractivity contribution is -0.307. The fraction of sp³-hybridized carbons (Fsp3) is 0.222. The maximum Gasteiger partial charge on any atom is 0.420 e. The largest absolute Gasteiger partial charge is 0.420 e. The quantitative estimate of drug-likeness (QED) is 0.579. The van der Waals surface area contributed by atoms with E-state index in [2.05, 4.69) is 4.98 Å². The second-order valence-electron chi connectivity index (χ2n) is 6.41. The van der Waals surface area contributed by atoms with Crippen molar-refractivity contribution in [3.05, 3.63) is 65.9 Å². The molecule has 0 aliphatic carbocycles. The zero-order valence-corrected chi connectivity index (χ0v) is 15.5. The van der Waals surface area contributed by atoms with Gasteiger partial charge in [0.05, 0.1) is 4.90 Å². The van der Waals surface area contributed by atoms with Gasteiger partial charge in [-0.05, 0) is 25.1 Å². The molecule has 0 atom stereocenters. The van der Waals surface area contributed by atoms with Crippen molar-refractivity contribution < 1.29 is 34.8 Å². The molecule has 3 aromatic rings. The van der Waals surface area contributed by atoms with Crippen molar-refractivity contribution in [3.8, 4) is 0 Å². The summed E-state index contributed by atoms with van der Waals surface area (Å²) in [6.45, 7) is 1.59. The lowest BCUT2D eigenvalue weighted by Crippen LogP contribution is -2.64. The number of fused-ring (bicyclic) bond motifs is 1. The lowest BCUT2D eigenvalue weighted by atomic mass is 9.89. The second kappa shape index (κ2) is 6.77. The fourth-order valence-electron chi connectivity index (χ4n) is 3.00. The number of aromatic amines is 1. The molecule has 0 aliphatic heterocycles. The van der Waals surface area contributed by atoms with Gasteiger partial charge in [-0.2, -0.15) is 31.1 Å². The Labute approximate surface area is 161 Å². The number of nitrogens with one attached hydrogen (secondary N) is 2. The number of halogens is 6. The Morgan fingerprint density at radius 3 is 1.97 bits per heavy atom. The van der Waals surface area contributed by atoms with Crippen LogP contribution in [-0.4, -0.2) is 25.8 Å². The van der Waals surface area contributed by atoms with Crippen molar-refractivity contribution >= 4 is 20.9 Å². The summed E-state index contributed by atoms with van der Waals surface area (Å²) >= 11 is 0. The molecule has 0 bridgehead atoms. The van der Waals surface area contributed by atoms with Crippen LogP contribution in [-0.2, 0) is 15.6 Å². The van der Waals surface area contributed by atoms with Crippen LogP contribution in [0.25, 0.3) is 10.9 Å². The highest BCUT2D eigenvalue weighted by molar-refractivity contribution is 7.89. The van der Waals surface area contributed by atoms with Gasteiger partial charge in [-0.1, -0.05) is 35.9 Å². The Bertz CT molecular complexity index is 1120. The van der Waals surface area contributed by atoms with E-state index in [1.54, 1.807) is 6.92 Å². The monoisotopic (exact) mass is 436 g/mol. The first-order valence-electron chi connectivity index (χ1n) is 8.10. The fourth-order valence-corrected chi connectivity index (χ4v) is 4.35. The molecule has 0 fully saturated rings. The van der Waals surface area contributed by atoms with Gasteiger partial charge in [0.25, 0.3) is 5.54 Å². The van der Waals surface area contributed by atoms with Gasteiger partial charge in [-0.3, -0.25) is 0 Å². The standard InChI is InChI=1S/C18H14F6N2O2S/c1-11-6-8-12(9-7-11)29(27,28)26-16(17(19,20)21,18(22,23)24)14-10-25-15-5-3-2-4-13(14)15/h2-10,25-26H,1H3. The third-order valence-electron chi connectivity index (χ3n) is 4.46. The van der Waals surface area contributed by atoms with E-state index >= 15 is 0 Å². The Morgan fingerprint density at radius 2 is 1.41 bits per heavy atom. The van der Waals surface area contributed by atoms with Gasteiger partial charge in [0, 0.05) is 22.7 Å². The molecule has 3 rings (SSSR count). The highest BCUT2D eigenvalue weighted by atomic mass is 32.2. The van der Waals surface area contributed by atoms with E-state index in [1.165, 1.54) is 30.3 Å². The number of hydrogen-bond acceptors (Lipinski definition) is 2. The van der Waals surface area contributed by atoms with Crippen LogP contribution in [0.15, 0.2) is 59.6 Å². The third kappa shape index (κ3) is 3.48. The van der Waals surface area contributed by atoms with Crippen LogP contribution in [0.5, 0.6) is 0 Å². The summed E-state index contributed by atoms with van der Waals surface area (Å²) in [6, 6.07) is 9.41. The first kappa shape index (κ1) is 21.2. The van der Waals surface area contributed by atoms with Crippen LogP contribution in [0.3, 0.4) is 0 Å². The lowest BCUT2D eigenvalue weighted by Gasteiger charge is -2.37. The molecule has 1 aromatic heterocycles. The van der Waals surface area contributed by atoms with Crippen LogP contribution < -0.4 is 4.72 Å². The summed E-state index contributed by atoms with van der Waals surface area (Å²) in [4.78, 5) is 1.61. The third-order valence-corrected chi connectivity index (χ3v) is 5.93. The zero-order chi connectivity index (χ0) is 21.7. The van der Waals surface area contributed by atoms with Crippen molar-refractivity contribution in [2.75, 3.05) is 0 Å². The Morgan fingerprint density at radius 1 is 0.862 bits per heavy atom. The van der Waals surface area contributed by atoms with E-state index in [1.807, 2.05) is 0 Å². The number of aryl methyl sites for hydroxylation is 1. The molecule has 1 heterocycles. The number of benzene rings is 2. The maximum atomic E-state index is 14.0. The first-order chi connectivity index (χ1) is 13.3. The Balaban J connectivity index is 2.30. The highest BCUT2D eigenvalue weighted by Gasteiger charge is 2.74. The van der Waals surface area contributed by atoms with Crippen molar-refractivity contribution in [1.29, 1.82) is 0 Å². The molecular formula is C18H14F6N2O2S. The number of aromatic nitrogens is 1. The van der Waals surface area contributed by atoms with E-state index in [-0.39, 0.29) is 5.52 Å². The Kier molecular flexibility index (Phi) is 4.94. The minimum Gasteiger partial charge on any atom is -0.361 e. The number of sulfonamides is 1. The summed E-state index contributed by atoms with van der Waals surface area (Å²) in [6.07, 6.45) is -11.6. The predicted molar refractivity (Wildman–Crippen MR) is 93.6 cm³/mol. The molecule has 29 heavy (non-hydrogen) atoms. The molecule has 156 valence electrons. The number of hydrogen-bond donors (Lipinski definition) is 2. The minimum absolute atomic E-state index is 0.00471.